The number of aryl methyl sites for hydroxylation is 2. The molecule has 0 bridgehead atoms. The van der Waals surface area contributed by atoms with Crippen LogP contribution in [0.15, 0.2) is 34.8 Å². The fourth-order valence-electron chi connectivity index (χ4n) is 2.38. The van der Waals surface area contributed by atoms with Gasteiger partial charge in [0.1, 0.15) is 5.75 Å². The molecular weight excluding hydrogens is 386 g/mol. The SMILES string of the molecule is COc1ccc(CNC(=O)COc2cc(C)c(Br)c(C)c2)cc1OC. The van der Waals surface area contributed by atoms with Crippen LogP contribution in [0.1, 0.15) is 16.7 Å². The number of amides is 1. The van der Waals surface area contributed by atoms with E-state index in [0.29, 0.717) is 23.8 Å². The smallest absolute Gasteiger partial charge is 0.258 e. The van der Waals surface area contributed by atoms with Gasteiger partial charge in [-0.25, -0.2) is 0 Å². The Morgan fingerprint density at radius 1 is 1.04 bits per heavy atom. The Hall–Kier alpha value is -2.21. The number of methoxy groups -OCH3 is 2. The summed E-state index contributed by atoms with van der Waals surface area (Å²) in [5.41, 5.74) is 3.06. The number of carbonyl (C=O) groups is 1. The summed E-state index contributed by atoms with van der Waals surface area (Å²) in [5.74, 6) is 1.78. The van der Waals surface area contributed by atoms with Crippen LogP contribution in [-0.4, -0.2) is 26.7 Å². The summed E-state index contributed by atoms with van der Waals surface area (Å²) in [6.07, 6.45) is 0. The Labute approximate surface area is 156 Å². The summed E-state index contributed by atoms with van der Waals surface area (Å²) < 4.78 is 17.1. The molecule has 0 heterocycles. The van der Waals surface area contributed by atoms with E-state index in [-0.39, 0.29) is 12.5 Å². The quantitative estimate of drug-likeness (QED) is 0.758. The van der Waals surface area contributed by atoms with E-state index in [1.165, 1.54) is 0 Å². The van der Waals surface area contributed by atoms with Crippen LogP contribution in [0.5, 0.6) is 17.2 Å². The van der Waals surface area contributed by atoms with Crippen molar-refractivity contribution in [3.63, 3.8) is 0 Å². The molecule has 6 heteroatoms. The van der Waals surface area contributed by atoms with Crippen LogP contribution in [-0.2, 0) is 11.3 Å². The van der Waals surface area contributed by atoms with Crippen LogP contribution < -0.4 is 19.5 Å². The first-order chi connectivity index (χ1) is 11.9. The van der Waals surface area contributed by atoms with Crippen molar-refractivity contribution in [2.24, 2.45) is 0 Å². The third-order valence-corrected chi connectivity index (χ3v) is 4.97. The van der Waals surface area contributed by atoms with Crippen LogP contribution >= 0.6 is 15.9 Å². The highest BCUT2D eigenvalue weighted by atomic mass is 79.9. The minimum Gasteiger partial charge on any atom is -0.493 e. The first-order valence-corrected chi connectivity index (χ1v) is 8.61. The maximum atomic E-state index is 12.0. The first-order valence-electron chi connectivity index (χ1n) is 7.81. The third-order valence-electron chi connectivity index (χ3n) is 3.72. The number of halogens is 1. The number of ether oxygens (including phenoxy) is 3. The van der Waals surface area contributed by atoms with Crippen molar-refractivity contribution in [3.8, 4) is 17.2 Å². The van der Waals surface area contributed by atoms with Gasteiger partial charge in [-0.2, -0.15) is 0 Å². The molecule has 0 aliphatic carbocycles. The number of benzene rings is 2. The molecule has 0 aliphatic heterocycles. The molecule has 0 atom stereocenters. The molecule has 134 valence electrons. The predicted octanol–water partition coefficient (Wildman–Crippen LogP) is 3.78. The molecule has 0 aliphatic rings. The monoisotopic (exact) mass is 407 g/mol. The zero-order chi connectivity index (χ0) is 18.4. The van der Waals surface area contributed by atoms with Crippen LogP contribution in [0, 0.1) is 13.8 Å². The Balaban J connectivity index is 1.89. The topological polar surface area (TPSA) is 56.8 Å². The number of carbonyl (C=O) groups excluding carboxylic acids is 1. The van der Waals surface area contributed by atoms with E-state index in [2.05, 4.69) is 21.2 Å². The van der Waals surface area contributed by atoms with Gasteiger partial charge in [-0.3, -0.25) is 4.79 Å². The Kier molecular flexibility index (Phi) is 6.70. The summed E-state index contributed by atoms with van der Waals surface area (Å²) in [6.45, 7) is 4.33. The second-order valence-corrected chi connectivity index (χ2v) is 6.42. The second-order valence-electron chi connectivity index (χ2n) is 5.63. The first kappa shape index (κ1) is 19.1. The van der Waals surface area contributed by atoms with Crippen LogP contribution in [0.3, 0.4) is 0 Å². The molecule has 1 N–H and O–H groups in total. The van der Waals surface area contributed by atoms with Crippen molar-refractivity contribution >= 4 is 21.8 Å². The highest BCUT2D eigenvalue weighted by molar-refractivity contribution is 9.10. The lowest BCUT2D eigenvalue weighted by Gasteiger charge is -2.12. The van der Waals surface area contributed by atoms with Crippen LogP contribution in [0.25, 0.3) is 0 Å². The molecule has 0 saturated carbocycles. The minimum absolute atomic E-state index is 0.0339. The van der Waals surface area contributed by atoms with E-state index in [0.717, 1.165) is 21.2 Å². The lowest BCUT2D eigenvalue weighted by Crippen LogP contribution is -2.28. The number of rotatable bonds is 7. The van der Waals surface area contributed by atoms with E-state index >= 15 is 0 Å². The maximum Gasteiger partial charge on any atom is 0.258 e. The predicted molar refractivity (Wildman–Crippen MR) is 101 cm³/mol. The van der Waals surface area contributed by atoms with Crippen molar-refractivity contribution in [1.82, 2.24) is 5.32 Å². The summed E-state index contributed by atoms with van der Waals surface area (Å²) >= 11 is 3.51. The molecule has 2 rings (SSSR count). The lowest BCUT2D eigenvalue weighted by molar-refractivity contribution is -0.123. The molecule has 1 amide bonds. The number of nitrogens with one attached hydrogen (secondary N) is 1. The average molecular weight is 408 g/mol. The normalized spacial score (nSPS) is 10.3. The standard InChI is InChI=1S/C19H22BrNO4/c1-12-7-15(8-13(2)19(12)20)25-11-18(22)21-10-14-5-6-16(23-3)17(9-14)24-4/h5-9H,10-11H2,1-4H3,(H,21,22). The van der Waals surface area contributed by atoms with Gasteiger partial charge in [-0.15, -0.1) is 0 Å². The summed E-state index contributed by atoms with van der Waals surface area (Å²) in [6, 6.07) is 9.33. The highest BCUT2D eigenvalue weighted by Crippen LogP contribution is 2.28. The fraction of sp³-hybridized carbons (Fsp3) is 0.316. The second kappa shape index (κ2) is 8.76. The molecular formula is C19H22BrNO4. The van der Waals surface area contributed by atoms with Gasteiger partial charge in [0.2, 0.25) is 0 Å². The molecule has 2 aromatic rings. The van der Waals surface area contributed by atoms with E-state index in [1.54, 1.807) is 14.2 Å². The van der Waals surface area contributed by atoms with Gasteiger partial charge in [0.05, 0.1) is 14.2 Å². The van der Waals surface area contributed by atoms with Crippen molar-refractivity contribution < 1.29 is 19.0 Å². The molecule has 0 fully saturated rings. The fourth-order valence-corrected chi connectivity index (χ4v) is 2.61. The van der Waals surface area contributed by atoms with Gasteiger partial charge < -0.3 is 19.5 Å². The van der Waals surface area contributed by atoms with Crippen molar-refractivity contribution in [2.75, 3.05) is 20.8 Å². The van der Waals surface area contributed by atoms with E-state index in [1.807, 2.05) is 44.2 Å². The van der Waals surface area contributed by atoms with Gasteiger partial charge in [0.25, 0.3) is 5.91 Å². The average Bonchev–Trinajstić information content (AvgIpc) is 2.62. The Morgan fingerprint density at radius 2 is 1.68 bits per heavy atom. The highest BCUT2D eigenvalue weighted by Gasteiger charge is 2.08. The molecule has 5 nitrogen and oxygen atoms in total. The van der Waals surface area contributed by atoms with E-state index in [4.69, 9.17) is 14.2 Å². The van der Waals surface area contributed by atoms with Crippen LogP contribution in [0.4, 0.5) is 0 Å². The van der Waals surface area contributed by atoms with Crippen LogP contribution in [0.2, 0.25) is 0 Å². The zero-order valence-electron chi connectivity index (χ0n) is 14.8. The van der Waals surface area contributed by atoms with Gasteiger partial charge in [-0.1, -0.05) is 22.0 Å². The molecule has 0 aromatic heterocycles. The van der Waals surface area contributed by atoms with Crippen molar-refractivity contribution in [2.45, 2.75) is 20.4 Å². The molecule has 2 aromatic carbocycles. The Bertz CT molecular complexity index is 738. The number of hydrogen-bond acceptors (Lipinski definition) is 4. The largest absolute Gasteiger partial charge is 0.493 e. The molecule has 0 saturated heterocycles. The zero-order valence-corrected chi connectivity index (χ0v) is 16.4. The molecule has 0 unspecified atom stereocenters. The van der Waals surface area contributed by atoms with Gasteiger partial charge in [0, 0.05) is 11.0 Å². The van der Waals surface area contributed by atoms with Gasteiger partial charge in [0.15, 0.2) is 18.1 Å². The minimum atomic E-state index is -0.187. The van der Waals surface area contributed by atoms with Crippen molar-refractivity contribution in [1.29, 1.82) is 0 Å². The number of hydrogen-bond donors (Lipinski definition) is 1. The van der Waals surface area contributed by atoms with Crippen molar-refractivity contribution in [3.05, 3.63) is 51.5 Å². The molecule has 0 spiro atoms. The third kappa shape index (κ3) is 5.13. The van der Waals surface area contributed by atoms with E-state index < -0.39 is 0 Å². The summed E-state index contributed by atoms with van der Waals surface area (Å²) in [4.78, 5) is 12.0. The Morgan fingerprint density at radius 3 is 2.28 bits per heavy atom. The maximum absolute atomic E-state index is 12.0. The lowest BCUT2D eigenvalue weighted by atomic mass is 10.1. The molecule has 25 heavy (non-hydrogen) atoms. The van der Waals surface area contributed by atoms with E-state index in [9.17, 15) is 4.79 Å². The van der Waals surface area contributed by atoms with Gasteiger partial charge in [-0.05, 0) is 54.8 Å². The molecule has 0 radical (unpaired) electrons. The summed E-state index contributed by atoms with van der Waals surface area (Å²) in [5, 5.41) is 2.83. The summed E-state index contributed by atoms with van der Waals surface area (Å²) in [7, 11) is 3.17. The van der Waals surface area contributed by atoms with Gasteiger partial charge >= 0.3 is 0 Å².